The Bertz CT molecular complexity index is 312. The van der Waals surface area contributed by atoms with E-state index < -0.39 is 6.04 Å². The van der Waals surface area contributed by atoms with E-state index in [0.29, 0.717) is 5.69 Å². The molecule has 5 heteroatoms. The third-order valence-electron chi connectivity index (χ3n) is 1.77. The van der Waals surface area contributed by atoms with Gasteiger partial charge >= 0.3 is 0 Å². The van der Waals surface area contributed by atoms with E-state index in [0.717, 1.165) is 5.75 Å². The first kappa shape index (κ1) is 13.7. The average Bonchev–Trinajstić information content (AvgIpc) is 2.19. The van der Waals surface area contributed by atoms with Crippen LogP contribution in [0.5, 0.6) is 5.75 Å². The molecule has 3 N–H and O–H groups in total. The summed E-state index contributed by atoms with van der Waals surface area (Å²) in [6.45, 7) is 1.64. The van der Waals surface area contributed by atoms with Gasteiger partial charge in [-0.05, 0) is 31.2 Å². The Balaban J connectivity index is 0.00000196. The van der Waals surface area contributed by atoms with Crippen LogP contribution in [0.2, 0.25) is 0 Å². The zero-order valence-electron chi connectivity index (χ0n) is 8.69. The summed E-state index contributed by atoms with van der Waals surface area (Å²) in [5.74, 6) is 0.555. The normalized spacial score (nSPS) is 11.1. The molecule has 0 aromatic heterocycles. The lowest BCUT2D eigenvalue weighted by atomic mass is 10.2. The highest BCUT2D eigenvalue weighted by Gasteiger charge is 2.06. The van der Waals surface area contributed by atoms with E-state index >= 15 is 0 Å². The van der Waals surface area contributed by atoms with Gasteiger partial charge < -0.3 is 15.8 Å². The van der Waals surface area contributed by atoms with Gasteiger partial charge in [-0.3, -0.25) is 4.79 Å². The molecule has 0 heterocycles. The van der Waals surface area contributed by atoms with Gasteiger partial charge in [0.2, 0.25) is 5.91 Å². The van der Waals surface area contributed by atoms with Gasteiger partial charge in [0.1, 0.15) is 5.75 Å². The predicted octanol–water partition coefficient (Wildman–Crippen LogP) is 1.40. The number of anilines is 1. The van der Waals surface area contributed by atoms with Crippen LogP contribution in [-0.2, 0) is 4.79 Å². The number of carbonyl (C=O) groups is 1. The van der Waals surface area contributed by atoms with E-state index in [9.17, 15) is 4.79 Å². The Labute approximate surface area is 95.2 Å². The Kier molecular flexibility index (Phi) is 5.74. The number of nitrogens with two attached hydrogens (primary N) is 1. The first-order valence-electron chi connectivity index (χ1n) is 4.34. The summed E-state index contributed by atoms with van der Waals surface area (Å²) in [6, 6.07) is 6.57. The van der Waals surface area contributed by atoms with E-state index in [-0.39, 0.29) is 18.3 Å². The fraction of sp³-hybridized carbons (Fsp3) is 0.300. The topological polar surface area (TPSA) is 64.3 Å². The lowest BCUT2D eigenvalue weighted by molar-refractivity contribution is -0.117. The molecular weight excluding hydrogens is 216 g/mol. The summed E-state index contributed by atoms with van der Waals surface area (Å²) in [6.07, 6.45) is 0. The molecule has 0 saturated carbocycles. The van der Waals surface area contributed by atoms with Gasteiger partial charge in [0.05, 0.1) is 13.2 Å². The van der Waals surface area contributed by atoms with Crippen LogP contribution in [0.3, 0.4) is 0 Å². The minimum atomic E-state index is -0.503. The lowest BCUT2D eigenvalue weighted by Crippen LogP contribution is -2.32. The highest BCUT2D eigenvalue weighted by molar-refractivity contribution is 5.94. The molecule has 84 valence electrons. The summed E-state index contributed by atoms with van der Waals surface area (Å²) in [5, 5.41) is 2.67. The molecule has 0 fully saturated rings. The molecule has 0 bridgehead atoms. The quantitative estimate of drug-likeness (QED) is 0.825. The maximum atomic E-state index is 11.2. The van der Waals surface area contributed by atoms with Crippen LogP contribution in [-0.4, -0.2) is 19.1 Å². The molecule has 0 aliphatic rings. The van der Waals surface area contributed by atoms with E-state index in [2.05, 4.69) is 5.32 Å². The standard InChI is InChI=1S/C10H14N2O2.ClH/c1-7(11)10(13)12-8-3-5-9(14-2)6-4-8;/h3-7H,11H2,1-2H3,(H,12,13);1H. The molecule has 0 spiro atoms. The maximum absolute atomic E-state index is 11.2. The number of rotatable bonds is 3. The van der Waals surface area contributed by atoms with Crippen LogP contribution in [0.15, 0.2) is 24.3 Å². The Hall–Kier alpha value is -1.26. The fourth-order valence-corrected chi connectivity index (χ4v) is 0.930. The van der Waals surface area contributed by atoms with Crippen LogP contribution >= 0.6 is 12.4 Å². The first-order valence-corrected chi connectivity index (χ1v) is 4.34. The number of benzene rings is 1. The molecule has 1 atom stereocenters. The number of carbonyl (C=O) groups excluding carboxylic acids is 1. The molecule has 1 unspecified atom stereocenters. The van der Waals surface area contributed by atoms with Gasteiger partial charge in [0, 0.05) is 5.69 Å². The summed E-state index contributed by atoms with van der Waals surface area (Å²) < 4.78 is 4.98. The zero-order chi connectivity index (χ0) is 10.6. The lowest BCUT2D eigenvalue weighted by Gasteiger charge is -2.07. The fourth-order valence-electron chi connectivity index (χ4n) is 0.930. The van der Waals surface area contributed by atoms with Crippen molar-refractivity contribution in [3.63, 3.8) is 0 Å². The Morgan fingerprint density at radius 3 is 2.33 bits per heavy atom. The van der Waals surface area contributed by atoms with Crippen LogP contribution in [0, 0.1) is 0 Å². The SMILES string of the molecule is COc1ccc(NC(=O)C(C)N)cc1.Cl. The largest absolute Gasteiger partial charge is 0.497 e. The van der Waals surface area contributed by atoms with Gasteiger partial charge in [0.15, 0.2) is 0 Å². The minimum Gasteiger partial charge on any atom is -0.497 e. The molecule has 0 aliphatic heterocycles. The average molecular weight is 231 g/mol. The van der Waals surface area contributed by atoms with Crippen molar-refractivity contribution < 1.29 is 9.53 Å². The van der Waals surface area contributed by atoms with Crippen molar-refractivity contribution >= 4 is 24.0 Å². The Morgan fingerprint density at radius 2 is 1.93 bits per heavy atom. The molecule has 1 aromatic carbocycles. The molecule has 4 nitrogen and oxygen atoms in total. The number of amides is 1. The molecule has 1 rings (SSSR count). The molecule has 0 radical (unpaired) electrons. The minimum absolute atomic E-state index is 0. The van der Waals surface area contributed by atoms with Gasteiger partial charge in [0.25, 0.3) is 0 Å². The van der Waals surface area contributed by atoms with E-state index in [1.165, 1.54) is 0 Å². The smallest absolute Gasteiger partial charge is 0.240 e. The number of ether oxygens (including phenoxy) is 1. The second kappa shape index (κ2) is 6.27. The van der Waals surface area contributed by atoms with Gasteiger partial charge in [-0.2, -0.15) is 0 Å². The van der Waals surface area contributed by atoms with Crippen molar-refractivity contribution in [3.8, 4) is 5.75 Å². The second-order valence-electron chi connectivity index (χ2n) is 3.01. The third kappa shape index (κ3) is 4.18. The van der Waals surface area contributed by atoms with Gasteiger partial charge in [-0.1, -0.05) is 0 Å². The molecule has 1 amide bonds. The van der Waals surface area contributed by atoms with Crippen molar-refractivity contribution in [2.45, 2.75) is 13.0 Å². The summed E-state index contributed by atoms with van der Waals surface area (Å²) in [4.78, 5) is 11.2. The highest BCUT2D eigenvalue weighted by atomic mass is 35.5. The molecule has 0 saturated heterocycles. The monoisotopic (exact) mass is 230 g/mol. The zero-order valence-corrected chi connectivity index (χ0v) is 9.51. The van der Waals surface area contributed by atoms with Crippen LogP contribution in [0.4, 0.5) is 5.69 Å². The van der Waals surface area contributed by atoms with Crippen molar-refractivity contribution in [1.82, 2.24) is 0 Å². The van der Waals surface area contributed by atoms with E-state index in [1.54, 1.807) is 38.3 Å². The highest BCUT2D eigenvalue weighted by Crippen LogP contribution is 2.14. The Morgan fingerprint density at radius 1 is 1.40 bits per heavy atom. The second-order valence-corrected chi connectivity index (χ2v) is 3.01. The summed E-state index contributed by atoms with van der Waals surface area (Å²) in [5.41, 5.74) is 6.12. The van der Waals surface area contributed by atoms with Gasteiger partial charge in [-0.15, -0.1) is 12.4 Å². The number of nitrogens with one attached hydrogen (secondary N) is 1. The summed E-state index contributed by atoms with van der Waals surface area (Å²) >= 11 is 0. The van der Waals surface area contributed by atoms with Crippen LogP contribution in [0.1, 0.15) is 6.92 Å². The molecule has 1 aromatic rings. The molecular formula is C10H15ClN2O2. The predicted molar refractivity (Wildman–Crippen MR) is 62.5 cm³/mol. The van der Waals surface area contributed by atoms with Crippen LogP contribution < -0.4 is 15.8 Å². The van der Waals surface area contributed by atoms with Crippen molar-refractivity contribution in [1.29, 1.82) is 0 Å². The number of halogens is 1. The van der Waals surface area contributed by atoms with E-state index in [1.807, 2.05) is 0 Å². The van der Waals surface area contributed by atoms with Gasteiger partial charge in [-0.25, -0.2) is 0 Å². The van der Waals surface area contributed by atoms with E-state index in [4.69, 9.17) is 10.5 Å². The van der Waals surface area contributed by atoms with Crippen LogP contribution in [0.25, 0.3) is 0 Å². The number of hydrogen-bond acceptors (Lipinski definition) is 3. The summed E-state index contributed by atoms with van der Waals surface area (Å²) in [7, 11) is 1.59. The number of hydrogen-bond donors (Lipinski definition) is 2. The molecule has 15 heavy (non-hydrogen) atoms. The molecule has 0 aliphatic carbocycles. The third-order valence-corrected chi connectivity index (χ3v) is 1.77. The maximum Gasteiger partial charge on any atom is 0.240 e. The van der Waals surface area contributed by atoms with Crippen molar-refractivity contribution in [2.24, 2.45) is 5.73 Å². The first-order chi connectivity index (χ1) is 6.63. The van der Waals surface area contributed by atoms with Crippen molar-refractivity contribution in [2.75, 3.05) is 12.4 Å². The van der Waals surface area contributed by atoms with Crippen molar-refractivity contribution in [3.05, 3.63) is 24.3 Å². The number of methoxy groups -OCH3 is 1.